The summed E-state index contributed by atoms with van der Waals surface area (Å²) >= 11 is 6.76. The van der Waals surface area contributed by atoms with E-state index in [0.29, 0.717) is 64.3 Å². The Morgan fingerprint density at radius 1 is 1.04 bits per heavy atom. The first-order chi connectivity index (χ1) is 25.6. The average Bonchev–Trinajstić information content (AvgIpc) is 3.93. The number of fused-ring (bicyclic) bond motifs is 2. The Kier molecular flexibility index (Phi) is 9.78. The quantitative estimate of drug-likeness (QED) is 0.201. The molecule has 288 valence electrons. The number of amides is 3. The van der Waals surface area contributed by atoms with Crippen molar-refractivity contribution in [1.82, 2.24) is 25.5 Å². The summed E-state index contributed by atoms with van der Waals surface area (Å²) in [6.07, 6.45) is 2.09. The Labute approximate surface area is 318 Å². The van der Waals surface area contributed by atoms with Gasteiger partial charge in [-0.15, -0.1) is 0 Å². The number of carbonyl (C=O) groups excluding carboxylic acids is 3. The monoisotopic (exact) mass is 762 g/mol. The van der Waals surface area contributed by atoms with E-state index in [0.717, 1.165) is 12.8 Å². The predicted octanol–water partition coefficient (Wildman–Crippen LogP) is 5.20. The number of halogens is 1. The first-order valence-corrected chi connectivity index (χ1v) is 18.9. The van der Waals surface area contributed by atoms with Crippen molar-refractivity contribution >= 4 is 52.2 Å². The number of aromatic nitrogens is 2. The molecule has 14 nitrogen and oxygen atoms in total. The number of nitrogens with one attached hydrogen (secondary N) is 2. The zero-order chi connectivity index (χ0) is 38.7. The highest BCUT2D eigenvalue weighted by Gasteiger charge is 2.61. The Morgan fingerprint density at radius 3 is 2.41 bits per heavy atom. The van der Waals surface area contributed by atoms with Gasteiger partial charge in [0, 0.05) is 17.9 Å². The van der Waals surface area contributed by atoms with Gasteiger partial charge < -0.3 is 40.6 Å². The number of likely N-dealkylation sites (tertiary alicyclic amines) is 1. The Hall–Kier alpha value is -4.85. The predicted molar refractivity (Wildman–Crippen MR) is 200 cm³/mol. The molecule has 1 aromatic carbocycles. The van der Waals surface area contributed by atoms with Crippen LogP contribution in [0.1, 0.15) is 66.2 Å². The zero-order valence-corrected chi connectivity index (χ0v) is 31.8. The number of carboxylic acid groups (broad SMARTS) is 1. The highest BCUT2D eigenvalue weighted by Crippen LogP contribution is 2.52. The fourth-order valence-corrected chi connectivity index (χ4v) is 8.50. The third-order valence-electron chi connectivity index (χ3n) is 11.4. The lowest BCUT2D eigenvalue weighted by Crippen LogP contribution is -2.59. The second kappa shape index (κ2) is 14.1. The maximum Gasteiger partial charge on any atom is 0.408 e. The summed E-state index contributed by atoms with van der Waals surface area (Å²) in [6.45, 7) is 7.30. The van der Waals surface area contributed by atoms with Crippen molar-refractivity contribution in [2.75, 3.05) is 19.4 Å². The molecule has 4 fully saturated rings. The number of hydrogen-bond donors (Lipinski definition) is 4. The number of benzene rings is 1. The van der Waals surface area contributed by atoms with Gasteiger partial charge in [-0.3, -0.25) is 9.59 Å². The van der Waals surface area contributed by atoms with Crippen LogP contribution < -0.4 is 25.8 Å². The van der Waals surface area contributed by atoms with E-state index in [2.05, 4.69) is 15.6 Å². The van der Waals surface area contributed by atoms with Crippen LogP contribution in [0.15, 0.2) is 36.4 Å². The highest BCUT2D eigenvalue weighted by atomic mass is 35.5. The number of carboxylic acids is 1. The van der Waals surface area contributed by atoms with Gasteiger partial charge in [0.25, 0.3) is 0 Å². The Morgan fingerprint density at radius 2 is 1.78 bits per heavy atom. The van der Waals surface area contributed by atoms with E-state index in [9.17, 15) is 24.3 Å². The largest absolute Gasteiger partial charge is 0.495 e. The summed E-state index contributed by atoms with van der Waals surface area (Å²) in [4.78, 5) is 64.9. The van der Waals surface area contributed by atoms with Gasteiger partial charge in [-0.25, -0.2) is 19.6 Å². The summed E-state index contributed by atoms with van der Waals surface area (Å²) in [5.74, 6) is -0.215. The number of carbonyl (C=O) groups is 4. The lowest BCUT2D eigenvalue weighted by Gasteiger charge is -2.35. The molecule has 54 heavy (non-hydrogen) atoms. The number of pyridine rings is 2. The van der Waals surface area contributed by atoms with Crippen molar-refractivity contribution < 1.29 is 38.5 Å². The number of rotatable bonds is 11. The van der Waals surface area contributed by atoms with E-state index in [-0.39, 0.29) is 30.0 Å². The number of nitrogens with two attached hydrogens (primary N) is 1. The SMILES string of the molecule is CC[C@@H]1C[C@]1(NC(=O)[C@@H]1C[C@@H](Oc2cc(-c3cccc(N)n3)nc3c(Cl)c(OC)ccc23)CN1C(=O)[C@@H](NC(=O)OC1C[C@@H]2C[C@@H]2C1)C(C)(C)C)C(=O)O. The molecule has 2 aromatic heterocycles. The average molecular weight is 763 g/mol. The number of nitrogens with zero attached hydrogens (tertiary/aromatic N) is 3. The number of alkyl carbamates (subject to hydrolysis) is 1. The third kappa shape index (κ3) is 7.19. The standard InChI is InChI=1S/C39H47ClN6O8/c1-6-21-17-39(21,36(49)50)45-34(47)27-15-23(18-46(27)35(48)33(38(2,3)4)44-37(51)54-22-13-19-12-20(19)14-22)53-29-16-26(25-8-7-9-30(41)42-25)43-32-24(29)10-11-28(52-5)31(32)40/h7-11,16,19-23,27,33H,6,12-15,17-18H2,1-5H3,(H2,41,42)(H,44,51)(H,45,47)(H,49,50)/t19-,20+,21-,22?,23-,27+,33-,39-/m1/s1. The van der Waals surface area contributed by atoms with Crippen LogP contribution in [-0.2, 0) is 19.1 Å². The van der Waals surface area contributed by atoms with Gasteiger partial charge in [0.2, 0.25) is 11.8 Å². The molecular weight excluding hydrogens is 716 g/mol. The van der Waals surface area contributed by atoms with Crippen molar-refractivity contribution in [3.05, 3.63) is 41.4 Å². The summed E-state index contributed by atoms with van der Waals surface area (Å²) in [5.41, 5.74) is 5.06. The molecule has 4 aliphatic rings. The first kappa shape index (κ1) is 37.5. The minimum atomic E-state index is -1.41. The third-order valence-corrected chi connectivity index (χ3v) is 11.8. The van der Waals surface area contributed by atoms with Gasteiger partial charge in [-0.2, -0.15) is 0 Å². The van der Waals surface area contributed by atoms with Crippen LogP contribution in [-0.4, -0.2) is 87.3 Å². The normalized spacial score (nSPS) is 27.5. The summed E-state index contributed by atoms with van der Waals surface area (Å²) in [6, 6.07) is 8.13. The molecule has 3 heterocycles. The lowest BCUT2D eigenvalue weighted by molar-refractivity contribution is -0.146. The van der Waals surface area contributed by atoms with Crippen LogP contribution in [0.3, 0.4) is 0 Å². The Bertz CT molecular complexity index is 2000. The van der Waals surface area contributed by atoms with E-state index in [4.69, 9.17) is 36.5 Å². The molecule has 3 amide bonds. The van der Waals surface area contributed by atoms with Gasteiger partial charge in [0.1, 0.15) is 52.2 Å². The smallest absolute Gasteiger partial charge is 0.408 e. The molecule has 3 aromatic rings. The maximum absolute atomic E-state index is 14.6. The van der Waals surface area contributed by atoms with E-state index in [1.54, 1.807) is 36.4 Å². The molecule has 7 rings (SSSR count). The topological polar surface area (TPSA) is 195 Å². The fourth-order valence-electron chi connectivity index (χ4n) is 8.21. The number of anilines is 1. The number of aliphatic carboxylic acids is 1. The van der Waals surface area contributed by atoms with E-state index in [1.807, 2.05) is 27.7 Å². The van der Waals surface area contributed by atoms with Crippen LogP contribution >= 0.6 is 11.6 Å². The summed E-state index contributed by atoms with van der Waals surface area (Å²) in [5, 5.41) is 16.5. The van der Waals surface area contributed by atoms with Crippen molar-refractivity contribution in [1.29, 1.82) is 0 Å². The van der Waals surface area contributed by atoms with Gasteiger partial charge in [0.05, 0.1) is 30.6 Å². The van der Waals surface area contributed by atoms with Gasteiger partial charge in [-0.1, -0.05) is 51.8 Å². The Balaban J connectivity index is 1.21. The fraction of sp³-hybridized carbons (Fsp3) is 0.538. The first-order valence-electron chi connectivity index (χ1n) is 18.5. The molecule has 3 aliphatic carbocycles. The molecule has 0 spiro atoms. The lowest BCUT2D eigenvalue weighted by atomic mass is 9.85. The number of methoxy groups -OCH3 is 1. The molecule has 0 radical (unpaired) electrons. The number of nitrogen functional groups attached to an aromatic ring is 1. The van der Waals surface area contributed by atoms with Crippen molar-refractivity contribution in [3.63, 3.8) is 0 Å². The van der Waals surface area contributed by atoms with E-state index < -0.39 is 53.0 Å². The van der Waals surface area contributed by atoms with Crippen LogP contribution in [0.2, 0.25) is 5.02 Å². The summed E-state index contributed by atoms with van der Waals surface area (Å²) in [7, 11) is 1.50. The summed E-state index contributed by atoms with van der Waals surface area (Å²) < 4.78 is 17.8. The second-order valence-electron chi connectivity index (χ2n) is 16.2. The second-order valence-corrected chi connectivity index (χ2v) is 16.6. The van der Waals surface area contributed by atoms with Crippen LogP contribution in [0.25, 0.3) is 22.3 Å². The molecule has 15 heteroatoms. The molecule has 1 unspecified atom stereocenters. The van der Waals surface area contributed by atoms with Crippen LogP contribution in [0.4, 0.5) is 10.6 Å². The maximum atomic E-state index is 14.6. The van der Waals surface area contributed by atoms with Crippen LogP contribution in [0.5, 0.6) is 11.5 Å². The minimum Gasteiger partial charge on any atom is -0.495 e. The van der Waals surface area contributed by atoms with Crippen molar-refractivity contribution in [3.8, 4) is 22.9 Å². The molecule has 1 saturated heterocycles. The van der Waals surface area contributed by atoms with Gasteiger partial charge >= 0.3 is 12.1 Å². The minimum absolute atomic E-state index is 0.0375. The molecule has 3 saturated carbocycles. The van der Waals surface area contributed by atoms with Gasteiger partial charge in [-0.05, 0) is 73.1 Å². The van der Waals surface area contributed by atoms with Crippen molar-refractivity contribution in [2.45, 2.75) is 96.1 Å². The molecule has 1 aliphatic heterocycles. The highest BCUT2D eigenvalue weighted by molar-refractivity contribution is 6.36. The van der Waals surface area contributed by atoms with E-state index >= 15 is 0 Å². The number of ether oxygens (including phenoxy) is 3. The van der Waals surface area contributed by atoms with Crippen molar-refractivity contribution in [2.24, 2.45) is 23.2 Å². The molecular formula is C39H47ClN6O8. The molecule has 8 atom stereocenters. The van der Waals surface area contributed by atoms with Crippen LogP contribution in [0, 0.1) is 23.2 Å². The molecule has 0 bridgehead atoms. The number of hydrogen-bond acceptors (Lipinski definition) is 10. The molecule has 5 N–H and O–H groups in total. The van der Waals surface area contributed by atoms with E-state index in [1.165, 1.54) is 18.4 Å². The zero-order valence-electron chi connectivity index (χ0n) is 31.1. The van der Waals surface area contributed by atoms with Gasteiger partial charge in [0.15, 0.2) is 0 Å².